The number of ketones is 1. The van der Waals surface area contributed by atoms with E-state index in [0.29, 0.717) is 23.8 Å². The summed E-state index contributed by atoms with van der Waals surface area (Å²) < 4.78 is 5.54. The van der Waals surface area contributed by atoms with E-state index in [0.717, 1.165) is 38.9 Å². The van der Waals surface area contributed by atoms with Crippen LogP contribution >= 0.6 is 0 Å². The fraction of sp³-hybridized carbons (Fsp3) is 0.917. The molecule has 0 N–H and O–H groups in total. The number of morpholine rings is 1. The Morgan fingerprint density at radius 1 is 1.33 bits per heavy atom. The first kappa shape index (κ1) is 11.1. The summed E-state index contributed by atoms with van der Waals surface area (Å²) >= 11 is 0. The Labute approximate surface area is 91.8 Å². The molecule has 15 heavy (non-hydrogen) atoms. The summed E-state index contributed by atoms with van der Waals surface area (Å²) in [6.07, 6.45) is 3.75. The van der Waals surface area contributed by atoms with E-state index in [-0.39, 0.29) is 0 Å². The molecule has 0 radical (unpaired) electrons. The SMILES string of the molecule is CCCC(=O)C1CC2COCC(C1)N2C. The van der Waals surface area contributed by atoms with Crippen molar-refractivity contribution in [2.75, 3.05) is 20.3 Å². The van der Waals surface area contributed by atoms with Crippen LogP contribution in [0.1, 0.15) is 32.6 Å². The van der Waals surface area contributed by atoms with Gasteiger partial charge in [-0.2, -0.15) is 0 Å². The predicted octanol–water partition coefficient (Wildman–Crippen LogP) is 1.46. The Balaban J connectivity index is 1.98. The lowest BCUT2D eigenvalue weighted by Gasteiger charge is -2.46. The number of carbonyl (C=O) groups is 1. The number of Topliss-reactive ketones (excluding diaryl/α,β-unsaturated/α-hetero) is 1. The van der Waals surface area contributed by atoms with Crippen molar-refractivity contribution in [3.63, 3.8) is 0 Å². The Kier molecular flexibility index (Phi) is 3.42. The number of fused-ring (bicyclic) bond motifs is 2. The number of hydrogen-bond acceptors (Lipinski definition) is 3. The zero-order valence-electron chi connectivity index (χ0n) is 9.74. The summed E-state index contributed by atoms with van der Waals surface area (Å²) in [6.45, 7) is 3.70. The molecule has 0 amide bonds. The van der Waals surface area contributed by atoms with Gasteiger partial charge < -0.3 is 4.74 Å². The van der Waals surface area contributed by atoms with Crippen molar-refractivity contribution < 1.29 is 9.53 Å². The molecule has 0 aromatic carbocycles. The van der Waals surface area contributed by atoms with E-state index >= 15 is 0 Å². The molecule has 3 heteroatoms. The molecule has 2 rings (SSSR count). The molecule has 2 saturated heterocycles. The van der Waals surface area contributed by atoms with Gasteiger partial charge in [-0.25, -0.2) is 0 Å². The molecule has 3 nitrogen and oxygen atoms in total. The lowest BCUT2D eigenvalue weighted by molar-refractivity contribution is -0.131. The van der Waals surface area contributed by atoms with Gasteiger partial charge in [-0.05, 0) is 26.3 Å². The fourth-order valence-corrected chi connectivity index (χ4v) is 2.81. The fourth-order valence-electron chi connectivity index (χ4n) is 2.81. The van der Waals surface area contributed by atoms with Crippen LogP contribution in [0.5, 0.6) is 0 Å². The third-order valence-corrected chi connectivity index (χ3v) is 3.84. The molecule has 2 aliphatic heterocycles. The third kappa shape index (κ3) is 2.23. The molecule has 2 bridgehead atoms. The first-order valence-corrected chi connectivity index (χ1v) is 6.04. The first-order chi connectivity index (χ1) is 7.22. The van der Waals surface area contributed by atoms with Gasteiger partial charge >= 0.3 is 0 Å². The largest absolute Gasteiger partial charge is 0.378 e. The van der Waals surface area contributed by atoms with Crippen LogP contribution in [-0.2, 0) is 9.53 Å². The second-order valence-corrected chi connectivity index (χ2v) is 4.90. The average molecular weight is 211 g/mol. The van der Waals surface area contributed by atoms with Crippen molar-refractivity contribution in [3.05, 3.63) is 0 Å². The number of hydrogen-bond donors (Lipinski definition) is 0. The number of carbonyl (C=O) groups excluding carboxylic acids is 1. The van der Waals surface area contributed by atoms with Crippen molar-refractivity contribution in [1.82, 2.24) is 4.90 Å². The molecule has 2 atom stereocenters. The maximum absolute atomic E-state index is 11.9. The number of rotatable bonds is 3. The second-order valence-electron chi connectivity index (χ2n) is 4.90. The van der Waals surface area contributed by atoms with Crippen LogP contribution in [0.25, 0.3) is 0 Å². The zero-order valence-corrected chi connectivity index (χ0v) is 9.74. The van der Waals surface area contributed by atoms with Crippen molar-refractivity contribution in [2.24, 2.45) is 5.92 Å². The lowest BCUT2D eigenvalue weighted by Crippen LogP contribution is -2.55. The molecule has 0 saturated carbocycles. The molecule has 2 fully saturated rings. The maximum atomic E-state index is 11.9. The van der Waals surface area contributed by atoms with Gasteiger partial charge in [-0.15, -0.1) is 0 Å². The Morgan fingerprint density at radius 3 is 2.47 bits per heavy atom. The van der Waals surface area contributed by atoms with Crippen molar-refractivity contribution in [3.8, 4) is 0 Å². The van der Waals surface area contributed by atoms with E-state index in [9.17, 15) is 4.79 Å². The monoisotopic (exact) mass is 211 g/mol. The molecule has 86 valence electrons. The lowest BCUT2D eigenvalue weighted by atomic mass is 9.82. The maximum Gasteiger partial charge on any atom is 0.136 e. The molecule has 0 aromatic heterocycles. The van der Waals surface area contributed by atoms with E-state index in [2.05, 4.69) is 18.9 Å². The minimum atomic E-state index is 0.306. The van der Waals surface area contributed by atoms with Crippen molar-refractivity contribution >= 4 is 5.78 Å². The summed E-state index contributed by atoms with van der Waals surface area (Å²) in [5, 5.41) is 0. The summed E-state index contributed by atoms with van der Waals surface area (Å²) in [7, 11) is 2.17. The first-order valence-electron chi connectivity index (χ1n) is 6.04. The van der Waals surface area contributed by atoms with Gasteiger partial charge in [-0.1, -0.05) is 6.92 Å². The molecule has 0 aliphatic carbocycles. The van der Waals surface area contributed by atoms with Crippen LogP contribution in [0.4, 0.5) is 0 Å². The zero-order chi connectivity index (χ0) is 10.8. The topological polar surface area (TPSA) is 29.5 Å². The van der Waals surface area contributed by atoms with Gasteiger partial charge in [0.25, 0.3) is 0 Å². The van der Waals surface area contributed by atoms with Crippen LogP contribution in [0, 0.1) is 5.92 Å². The van der Waals surface area contributed by atoms with Crippen LogP contribution < -0.4 is 0 Å². The number of likely N-dealkylation sites (N-methyl/N-ethyl adjacent to an activating group) is 1. The minimum absolute atomic E-state index is 0.306. The molecule has 2 aliphatic rings. The van der Waals surface area contributed by atoms with Crippen LogP contribution in [0.15, 0.2) is 0 Å². The second kappa shape index (κ2) is 4.62. The molecular formula is C12H21NO2. The van der Waals surface area contributed by atoms with E-state index in [1.54, 1.807) is 0 Å². The molecule has 2 unspecified atom stereocenters. The minimum Gasteiger partial charge on any atom is -0.378 e. The third-order valence-electron chi connectivity index (χ3n) is 3.84. The highest BCUT2D eigenvalue weighted by Gasteiger charge is 2.38. The van der Waals surface area contributed by atoms with E-state index in [4.69, 9.17) is 4.74 Å². The summed E-state index contributed by atoms with van der Waals surface area (Å²) in [6, 6.07) is 0.951. The highest BCUT2D eigenvalue weighted by Crippen LogP contribution is 2.31. The predicted molar refractivity (Wildman–Crippen MR) is 58.8 cm³/mol. The quantitative estimate of drug-likeness (QED) is 0.708. The molecular weight excluding hydrogens is 190 g/mol. The van der Waals surface area contributed by atoms with Crippen LogP contribution in [-0.4, -0.2) is 43.0 Å². The highest BCUT2D eigenvalue weighted by atomic mass is 16.5. The summed E-state index contributed by atoms with van der Waals surface area (Å²) in [5.74, 6) is 0.780. The summed E-state index contributed by atoms with van der Waals surface area (Å²) in [4.78, 5) is 14.3. The van der Waals surface area contributed by atoms with Gasteiger partial charge in [0.05, 0.1) is 13.2 Å². The van der Waals surface area contributed by atoms with Gasteiger partial charge in [0.2, 0.25) is 0 Å². The van der Waals surface area contributed by atoms with Gasteiger partial charge in [-0.3, -0.25) is 9.69 Å². The normalized spacial score (nSPS) is 36.5. The Morgan fingerprint density at radius 2 is 1.93 bits per heavy atom. The number of piperidine rings is 1. The Hall–Kier alpha value is -0.410. The van der Waals surface area contributed by atoms with Crippen LogP contribution in [0.3, 0.4) is 0 Å². The van der Waals surface area contributed by atoms with Crippen molar-refractivity contribution in [1.29, 1.82) is 0 Å². The van der Waals surface area contributed by atoms with E-state index in [1.807, 2.05) is 0 Å². The highest BCUT2D eigenvalue weighted by molar-refractivity contribution is 5.81. The van der Waals surface area contributed by atoms with Crippen molar-refractivity contribution in [2.45, 2.75) is 44.7 Å². The molecule has 0 spiro atoms. The van der Waals surface area contributed by atoms with Gasteiger partial charge in [0.15, 0.2) is 0 Å². The smallest absolute Gasteiger partial charge is 0.136 e. The van der Waals surface area contributed by atoms with Gasteiger partial charge in [0.1, 0.15) is 5.78 Å². The van der Waals surface area contributed by atoms with E-state index < -0.39 is 0 Å². The number of nitrogens with zero attached hydrogens (tertiary/aromatic N) is 1. The average Bonchev–Trinajstić information content (AvgIpc) is 2.17. The van der Waals surface area contributed by atoms with Gasteiger partial charge in [0, 0.05) is 24.4 Å². The molecule has 0 aromatic rings. The molecule has 2 heterocycles. The van der Waals surface area contributed by atoms with Crippen LogP contribution in [0.2, 0.25) is 0 Å². The number of ether oxygens (including phenoxy) is 1. The summed E-state index contributed by atoms with van der Waals surface area (Å²) in [5.41, 5.74) is 0. The van der Waals surface area contributed by atoms with E-state index in [1.165, 1.54) is 0 Å². The standard InChI is InChI=1S/C12H21NO2/c1-3-4-12(14)9-5-10-7-15-8-11(6-9)13(10)2/h9-11H,3-8H2,1-2H3. The Bertz CT molecular complexity index is 228.